The fraction of sp³-hybridized carbons (Fsp3) is 0.556. The number of fused-ring (bicyclic) bond motifs is 2. The van der Waals surface area contributed by atoms with Gasteiger partial charge >= 0.3 is 0 Å². The number of thiocarbonyl (C=S) groups is 1. The molecule has 3 rings (SSSR count). The molecular formula is C18H25N3OS. The fourth-order valence-electron chi connectivity index (χ4n) is 4.04. The Morgan fingerprint density at radius 2 is 2.04 bits per heavy atom. The first-order chi connectivity index (χ1) is 11.1. The normalized spacial score (nSPS) is 25.2. The monoisotopic (exact) mass is 331 g/mol. The molecule has 4 nitrogen and oxygen atoms in total. The zero-order valence-electron chi connectivity index (χ0n) is 13.6. The van der Waals surface area contributed by atoms with Gasteiger partial charge in [0.1, 0.15) is 0 Å². The van der Waals surface area contributed by atoms with Gasteiger partial charge in [0, 0.05) is 20.0 Å². The molecule has 0 radical (unpaired) electrons. The molecular weight excluding hydrogens is 306 g/mol. The lowest BCUT2D eigenvalue weighted by Crippen LogP contribution is -2.48. The van der Waals surface area contributed by atoms with Gasteiger partial charge in [0.15, 0.2) is 5.11 Å². The third-order valence-electron chi connectivity index (χ3n) is 5.22. The molecule has 0 aliphatic heterocycles. The number of benzene rings is 1. The summed E-state index contributed by atoms with van der Waals surface area (Å²) >= 11 is 5.33. The lowest BCUT2D eigenvalue weighted by Gasteiger charge is -2.25. The maximum absolute atomic E-state index is 12.2. The molecule has 0 heterocycles. The van der Waals surface area contributed by atoms with Gasteiger partial charge in [0.2, 0.25) is 5.91 Å². The summed E-state index contributed by atoms with van der Waals surface area (Å²) in [6.45, 7) is 0.659. The number of hydrogen-bond donors (Lipinski definition) is 2. The Morgan fingerprint density at radius 1 is 1.26 bits per heavy atom. The highest BCUT2D eigenvalue weighted by molar-refractivity contribution is 7.80. The van der Waals surface area contributed by atoms with E-state index in [0.717, 1.165) is 17.4 Å². The van der Waals surface area contributed by atoms with E-state index in [1.807, 2.05) is 30.3 Å². The van der Waals surface area contributed by atoms with E-state index < -0.39 is 0 Å². The van der Waals surface area contributed by atoms with Crippen LogP contribution in [-0.2, 0) is 11.3 Å². The van der Waals surface area contributed by atoms with Crippen molar-refractivity contribution in [3.8, 4) is 0 Å². The molecule has 124 valence electrons. The summed E-state index contributed by atoms with van der Waals surface area (Å²) in [7, 11) is 1.79. The zero-order chi connectivity index (χ0) is 16.2. The highest BCUT2D eigenvalue weighted by Gasteiger charge is 2.40. The Kier molecular flexibility index (Phi) is 5.16. The van der Waals surface area contributed by atoms with Crippen LogP contribution in [0.3, 0.4) is 0 Å². The summed E-state index contributed by atoms with van der Waals surface area (Å²) in [6.07, 6.45) is 5.89. The van der Waals surface area contributed by atoms with E-state index in [9.17, 15) is 4.79 Å². The Bertz CT molecular complexity index is 563. The van der Waals surface area contributed by atoms with Gasteiger partial charge in [0.05, 0.1) is 0 Å². The number of carbonyl (C=O) groups is 1. The number of hydrogen-bond acceptors (Lipinski definition) is 2. The van der Waals surface area contributed by atoms with Gasteiger partial charge in [-0.1, -0.05) is 36.8 Å². The summed E-state index contributed by atoms with van der Waals surface area (Å²) in [4.78, 5) is 12.2. The van der Waals surface area contributed by atoms with Gasteiger partial charge < -0.3 is 5.32 Å². The standard InChI is InChI=1S/C18H25N3OS/c1-21(18(23)19-12-13-5-3-2-4-6-13)20-17(22)11-16-10-14-7-8-15(16)9-14/h2-6,14-16H,7-12H2,1H3,(H,19,23)(H,20,22)/t14-,15+,16+/m0/s1. The lowest BCUT2D eigenvalue weighted by atomic mass is 9.86. The molecule has 2 fully saturated rings. The van der Waals surface area contributed by atoms with Gasteiger partial charge in [-0.05, 0) is 54.8 Å². The highest BCUT2D eigenvalue weighted by Crippen LogP contribution is 2.49. The minimum Gasteiger partial charge on any atom is -0.357 e. The zero-order valence-corrected chi connectivity index (χ0v) is 14.4. The van der Waals surface area contributed by atoms with Crippen molar-refractivity contribution in [2.45, 2.75) is 38.6 Å². The largest absolute Gasteiger partial charge is 0.357 e. The molecule has 1 aromatic carbocycles. The van der Waals surface area contributed by atoms with E-state index >= 15 is 0 Å². The van der Waals surface area contributed by atoms with Crippen molar-refractivity contribution in [3.63, 3.8) is 0 Å². The third kappa shape index (κ3) is 4.22. The molecule has 3 atom stereocenters. The first-order valence-electron chi connectivity index (χ1n) is 8.47. The van der Waals surface area contributed by atoms with Crippen molar-refractivity contribution in [2.24, 2.45) is 17.8 Å². The number of rotatable bonds is 4. The van der Waals surface area contributed by atoms with Crippen molar-refractivity contribution < 1.29 is 4.79 Å². The number of nitrogens with one attached hydrogen (secondary N) is 2. The summed E-state index contributed by atoms with van der Waals surface area (Å²) in [5.41, 5.74) is 4.06. The second kappa shape index (κ2) is 7.30. The topological polar surface area (TPSA) is 44.4 Å². The molecule has 0 aromatic heterocycles. The molecule has 0 unspecified atom stereocenters. The second-order valence-corrected chi connectivity index (χ2v) is 7.26. The summed E-state index contributed by atoms with van der Waals surface area (Å²) in [5.74, 6) is 2.31. The second-order valence-electron chi connectivity index (χ2n) is 6.88. The Morgan fingerprint density at radius 3 is 2.70 bits per heavy atom. The first kappa shape index (κ1) is 16.2. The molecule has 2 saturated carbocycles. The molecule has 2 N–H and O–H groups in total. The molecule has 1 amide bonds. The van der Waals surface area contributed by atoms with Crippen molar-refractivity contribution in [1.82, 2.24) is 15.8 Å². The Balaban J connectivity index is 1.40. The average molecular weight is 331 g/mol. The van der Waals surface area contributed by atoms with Gasteiger partial charge in [-0.3, -0.25) is 15.2 Å². The van der Waals surface area contributed by atoms with E-state index in [1.54, 1.807) is 12.1 Å². The van der Waals surface area contributed by atoms with Crippen molar-refractivity contribution >= 4 is 23.2 Å². The summed E-state index contributed by atoms with van der Waals surface area (Å²) in [5, 5.41) is 5.32. The van der Waals surface area contributed by atoms with E-state index in [2.05, 4.69) is 10.7 Å². The van der Waals surface area contributed by atoms with Crippen LogP contribution < -0.4 is 10.7 Å². The third-order valence-corrected chi connectivity index (χ3v) is 5.63. The molecule has 1 aromatic rings. The maximum Gasteiger partial charge on any atom is 0.238 e. The molecule has 0 saturated heterocycles. The predicted octanol–water partition coefficient (Wildman–Crippen LogP) is 2.85. The molecule has 5 heteroatoms. The van der Waals surface area contributed by atoms with Crippen LogP contribution in [0.2, 0.25) is 0 Å². The molecule has 23 heavy (non-hydrogen) atoms. The minimum absolute atomic E-state index is 0.0777. The van der Waals surface area contributed by atoms with Crippen LogP contribution in [0.15, 0.2) is 30.3 Å². The SMILES string of the molecule is CN(NC(=O)C[C@H]1C[C@H]2CC[C@@H]1C2)C(=S)NCc1ccccc1. The molecule has 2 bridgehead atoms. The highest BCUT2D eigenvalue weighted by atomic mass is 32.1. The van der Waals surface area contributed by atoms with Gasteiger partial charge in [0.25, 0.3) is 0 Å². The molecule has 2 aliphatic carbocycles. The summed E-state index contributed by atoms with van der Waals surface area (Å²) < 4.78 is 0. The maximum atomic E-state index is 12.2. The average Bonchev–Trinajstić information content (AvgIpc) is 3.16. The van der Waals surface area contributed by atoms with Crippen molar-refractivity contribution in [1.29, 1.82) is 0 Å². The van der Waals surface area contributed by atoms with E-state index in [0.29, 0.717) is 24.0 Å². The van der Waals surface area contributed by atoms with Crippen LogP contribution in [-0.4, -0.2) is 23.1 Å². The van der Waals surface area contributed by atoms with E-state index in [1.165, 1.54) is 25.7 Å². The summed E-state index contributed by atoms with van der Waals surface area (Å²) in [6, 6.07) is 10.1. The van der Waals surface area contributed by atoms with Crippen LogP contribution in [0.5, 0.6) is 0 Å². The lowest BCUT2D eigenvalue weighted by molar-refractivity contribution is -0.125. The first-order valence-corrected chi connectivity index (χ1v) is 8.87. The Labute approximate surface area is 143 Å². The van der Waals surface area contributed by atoms with E-state index in [4.69, 9.17) is 12.2 Å². The molecule has 2 aliphatic rings. The van der Waals surface area contributed by atoms with Crippen LogP contribution in [0.4, 0.5) is 0 Å². The van der Waals surface area contributed by atoms with Crippen LogP contribution in [0, 0.1) is 17.8 Å². The fourth-order valence-corrected chi connectivity index (χ4v) is 4.16. The number of nitrogens with zero attached hydrogens (tertiary/aromatic N) is 1. The van der Waals surface area contributed by atoms with Crippen molar-refractivity contribution in [2.75, 3.05) is 7.05 Å². The number of amides is 1. The predicted molar refractivity (Wildman–Crippen MR) is 95.3 cm³/mol. The minimum atomic E-state index is 0.0777. The van der Waals surface area contributed by atoms with Gasteiger partial charge in [-0.15, -0.1) is 0 Å². The van der Waals surface area contributed by atoms with Crippen LogP contribution >= 0.6 is 12.2 Å². The Hall–Kier alpha value is -1.62. The van der Waals surface area contributed by atoms with Gasteiger partial charge in [-0.2, -0.15) is 0 Å². The number of carbonyl (C=O) groups excluding carboxylic acids is 1. The number of hydrazine groups is 1. The van der Waals surface area contributed by atoms with Crippen LogP contribution in [0.25, 0.3) is 0 Å². The van der Waals surface area contributed by atoms with E-state index in [-0.39, 0.29) is 5.91 Å². The van der Waals surface area contributed by atoms with Crippen LogP contribution in [0.1, 0.15) is 37.7 Å². The smallest absolute Gasteiger partial charge is 0.238 e. The van der Waals surface area contributed by atoms with Crippen molar-refractivity contribution in [3.05, 3.63) is 35.9 Å². The van der Waals surface area contributed by atoms with Gasteiger partial charge in [-0.25, -0.2) is 0 Å². The molecule has 0 spiro atoms. The quantitative estimate of drug-likeness (QED) is 0.658.